The number of hydrogen-bond donors (Lipinski definition) is 1. The van der Waals surface area contributed by atoms with Crippen LogP contribution in [0.25, 0.3) is 22.5 Å². The zero-order chi connectivity index (χ0) is 25.6. The first-order chi connectivity index (χ1) is 18.1. The first-order valence-corrected chi connectivity index (χ1v) is 13.2. The summed E-state index contributed by atoms with van der Waals surface area (Å²) in [5.74, 6) is 1.03. The van der Waals surface area contributed by atoms with Crippen molar-refractivity contribution in [3.05, 3.63) is 75.9 Å². The number of morpholine rings is 1. The molecule has 8 nitrogen and oxygen atoms in total. The highest BCUT2D eigenvalue weighted by Gasteiger charge is 2.24. The van der Waals surface area contributed by atoms with Gasteiger partial charge in [0, 0.05) is 50.4 Å². The van der Waals surface area contributed by atoms with Gasteiger partial charge in [-0.3, -0.25) is 14.4 Å². The van der Waals surface area contributed by atoms with Crippen molar-refractivity contribution in [2.24, 2.45) is 4.99 Å². The largest absolute Gasteiger partial charge is 0.439 e. The summed E-state index contributed by atoms with van der Waals surface area (Å²) in [6.45, 7) is 10.5. The van der Waals surface area contributed by atoms with Crippen molar-refractivity contribution in [2.75, 3.05) is 39.4 Å². The Bertz CT molecular complexity index is 1320. The lowest BCUT2D eigenvalue weighted by atomic mass is 9.96. The van der Waals surface area contributed by atoms with E-state index in [0.29, 0.717) is 5.82 Å². The smallest absolute Gasteiger partial charge is 0.379 e. The molecule has 1 fully saturated rings. The molecular weight excluding hydrogens is 466 g/mol. The summed E-state index contributed by atoms with van der Waals surface area (Å²) in [7, 11) is 0. The number of benzene rings is 2. The third-order valence-electron chi connectivity index (χ3n) is 6.98. The third-order valence-corrected chi connectivity index (χ3v) is 6.98. The van der Waals surface area contributed by atoms with Crippen LogP contribution in [0.5, 0.6) is 0 Å². The van der Waals surface area contributed by atoms with E-state index < -0.39 is 5.76 Å². The third kappa shape index (κ3) is 5.92. The maximum atomic E-state index is 11.8. The second-order valence-corrected chi connectivity index (χ2v) is 9.62. The molecule has 2 aliphatic rings. The topological polar surface area (TPSA) is 87.0 Å². The van der Waals surface area contributed by atoms with Crippen LogP contribution in [0.2, 0.25) is 0 Å². The Labute approximate surface area is 217 Å². The maximum absolute atomic E-state index is 11.8. The number of amidine groups is 1. The highest BCUT2D eigenvalue weighted by atomic mass is 16.5. The lowest BCUT2D eigenvalue weighted by Crippen LogP contribution is -2.42. The molecule has 0 radical (unpaired) electrons. The van der Waals surface area contributed by atoms with E-state index in [2.05, 4.69) is 64.1 Å². The fraction of sp³-hybridized carbons (Fsp3) is 0.414. The van der Waals surface area contributed by atoms with E-state index in [1.807, 2.05) is 18.2 Å². The highest BCUT2D eigenvalue weighted by Crippen LogP contribution is 2.32. The molecule has 1 N–H and O–H groups in total. The molecule has 0 saturated carbocycles. The number of aromatic nitrogens is 2. The second kappa shape index (κ2) is 11.7. The Kier molecular flexibility index (Phi) is 7.96. The fourth-order valence-electron chi connectivity index (χ4n) is 5.12. The Hall–Kier alpha value is -3.49. The van der Waals surface area contributed by atoms with E-state index in [-0.39, 0.29) is 0 Å². The van der Waals surface area contributed by atoms with E-state index in [1.54, 1.807) is 0 Å². The van der Waals surface area contributed by atoms with Crippen molar-refractivity contribution in [3.63, 3.8) is 0 Å². The van der Waals surface area contributed by atoms with Gasteiger partial charge < -0.3 is 9.64 Å². The summed E-state index contributed by atoms with van der Waals surface area (Å²) in [6, 6.07) is 16.5. The predicted octanol–water partition coefficient (Wildman–Crippen LogP) is 4.71. The van der Waals surface area contributed by atoms with Crippen molar-refractivity contribution in [2.45, 2.75) is 39.7 Å². The molecule has 0 bridgehead atoms. The minimum absolute atomic E-state index is 0.438. The zero-order valence-electron chi connectivity index (χ0n) is 21.7. The molecule has 1 saturated heterocycles. The summed E-state index contributed by atoms with van der Waals surface area (Å²) in [4.78, 5) is 24.5. The van der Waals surface area contributed by atoms with Crippen LogP contribution in [-0.4, -0.2) is 65.2 Å². The van der Waals surface area contributed by atoms with E-state index in [0.717, 1.165) is 93.3 Å². The fourth-order valence-corrected chi connectivity index (χ4v) is 5.12. The molecule has 0 spiro atoms. The van der Waals surface area contributed by atoms with Crippen LogP contribution in [0.4, 0.5) is 0 Å². The molecule has 2 aromatic carbocycles. The van der Waals surface area contributed by atoms with Gasteiger partial charge in [0.25, 0.3) is 0 Å². The molecule has 0 atom stereocenters. The number of nitrogens with zero attached hydrogens (tertiary/aromatic N) is 4. The Morgan fingerprint density at radius 1 is 1.00 bits per heavy atom. The van der Waals surface area contributed by atoms with Crippen molar-refractivity contribution in [1.82, 2.24) is 19.9 Å². The average Bonchev–Trinajstić information content (AvgIpc) is 3.37. The minimum Gasteiger partial charge on any atom is -0.379 e. The molecule has 3 aromatic rings. The van der Waals surface area contributed by atoms with Gasteiger partial charge in [0.15, 0.2) is 5.82 Å². The Balaban J connectivity index is 1.45. The molecule has 37 heavy (non-hydrogen) atoms. The van der Waals surface area contributed by atoms with Crippen LogP contribution in [0.15, 0.2) is 74.1 Å². The van der Waals surface area contributed by atoms with Gasteiger partial charge >= 0.3 is 5.76 Å². The van der Waals surface area contributed by atoms with Gasteiger partial charge in [0.05, 0.1) is 13.2 Å². The number of hydrogen-bond acceptors (Lipinski definition) is 7. The SMILES string of the molecule is CCCC1=NC(CC)=C(CN2CCOCC2)CN1Cc1ccc(-c2ccccc2)c(-c2noc(=O)[nH]2)c1. The van der Waals surface area contributed by atoms with E-state index in [1.165, 1.54) is 11.3 Å². The summed E-state index contributed by atoms with van der Waals surface area (Å²) < 4.78 is 10.4. The van der Waals surface area contributed by atoms with E-state index in [9.17, 15) is 4.79 Å². The van der Waals surface area contributed by atoms with Crippen LogP contribution in [0.1, 0.15) is 38.7 Å². The van der Waals surface area contributed by atoms with Crippen molar-refractivity contribution in [3.8, 4) is 22.5 Å². The van der Waals surface area contributed by atoms with Crippen molar-refractivity contribution in [1.29, 1.82) is 0 Å². The normalized spacial score (nSPS) is 16.8. The van der Waals surface area contributed by atoms with Crippen LogP contribution in [-0.2, 0) is 11.3 Å². The predicted molar refractivity (Wildman–Crippen MR) is 145 cm³/mol. The first kappa shape index (κ1) is 25.2. The number of aliphatic imine (C=N–C) groups is 1. The van der Waals surface area contributed by atoms with E-state index in [4.69, 9.17) is 14.3 Å². The van der Waals surface area contributed by atoms with Gasteiger partial charge in [-0.15, -0.1) is 0 Å². The molecule has 5 rings (SSSR count). The van der Waals surface area contributed by atoms with Crippen LogP contribution in [0, 0.1) is 0 Å². The quantitative estimate of drug-likeness (QED) is 0.457. The molecule has 0 aliphatic carbocycles. The standard InChI is InChI=1S/C29H35N5O3/c1-3-8-27-30-26(4-2)23(19-33-13-15-36-16-14-33)20-34(27)18-21-11-12-24(22-9-6-5-7-10-22)25(17-21)28-31-29(35)37-32-28/h5-7,9-12,17H,3-4,8,13-16,18-20H2,1-2H3,(H,31,32,35). The lowest BCUT2D eigenvalue weighted by molar-refractivity contribution is 0.0415. The van der Waals surface area contributed by atoms with Crippen molar-refractivity contribution < 1.29 is 9.26 Å². The molecule has 1 aromatic heterocycles. The second-order valence-electron chi connectivity index (χ2n) is 9.62. The molecule has 2 aliphatic heterocycles. The van der Waals surface area contributed by atoms with Gasteiger partial charge in [-0.25, -0.2) is 9.79 Å². The summed E-state index contributed by atoms with van der Waals surface area (Å²) in [6.07, 6.45) is 2.93. The highest BCUT2D eigenvalue weighted by molar-refractivity contribution is 5.85. The number of H-pyrrole nitrogens is 1. The average molecular weight is 502 g/mol. The summed E-state index contributed by atoms with van der Waals surface area (Å²) >= 11 is 0. The maximum Gasteiger partial charge on any atom is 0.439 e. The number of aromatic amines is 1. The molecule has 194 valence electrons. The van der Waals surface area contributed by atoms with Gasteiger partial charge in [-0.1, -0.05) is 61.5 Å². The summed E-state index contributed by atoms with van der Waals surface area (Å²) in [5.41, 5.74) is 6.66. The molecule has 3 heterocycles. The van der Waals surface area contributed by atoms with E-state index >= 15 is 0 Å². The zero-order valence-corrected chi connectivity index (χ0v) is 21.7. The molecular formula is C29H35N5O3. The lowest BCUT2D eigenvalue weighted by Gasteiger charge is -2.35. The monoisotopic (exact) mass is 501 g/mol. The van der Waals surface area contributed by atoms with Crippen molar-refractivity contribution >= 4 is 5.84 Å². The van der Waals surface area contributed by atoms with Gasteiger partial charge in [-0.05, 0) is 41.2 Å². The van der Waals surface area contributed by atoms with Crippen LogP contribution < -0.4 is 5.76 Å². The number of rotatable bonds is 9. The Morgan fingerprint density at radius 3 is 2.51 bits per heavy atom. The van der Waals surface area contributed by atoms with Crippen LogP contribution >= 0.6 is 0 Å². The van der Waals surface area contributed by atoms with Gasteiger partial charge in [0.1, 0.15) is 5.84 Å². The Morgan fingerprint density at radius 2 is 1.81 bits per heavy atom. The van der Waals surface area contributed by atoms with Crippen LogP contribution in [0.3, 0.4) is 0 Å². The number of allylic oxidation sites excluding steroid dienone is 1. The molecule has 8 heteroatoms. The minimum atomic E-state index is -0.558. The van der Waals surface area contributed by atoms with Gasteiger partial charge in [0.2, 0.25) is 0 Å². The number of ether oxygens (including phenoxy) is 1. The first-order valence-electron chi connectivity index (χ1n) is 13.2. The molecule has 0 unspecified atom stereocenters. The molecule has 0 amide bonds. The van der Waals surface area contributed by atoms with Gasteiger partial charge in [-0.2, -0.15) is 0 Å². The summed E-state index contributed by atoms with van der Waals surface area (Å²) in [5, 5.41) is 4.00. The number of nitrogens with one attached hydrogen (secondary N) is 1.